The first-order chi connectivity index (χ1) is 13.6. The molecule has 2 aliphatic rings. The Bertz CT molecular complexity index is 884. The number of hydrogen-bond donors (Lipinski definition) is 3. The number of benzene rings is 1. The molecule has 0 spiro atoms. The summed E-state index contributed by atoms with van der Waals surface area (Å²) >= 11 is 1.60. The number of nitrogens with zero attached hydrogens (tertiary/aromatic N) is 1. The van der Waals surface area contributed by atoms with Crippen LogP contribution in [-0.4, -0.2) is 40.5 Å². The molecule has 0 bridgehead atoms. The van der Waals surface area contributed by atoms with Gasteiger partial charge in [0, 0.05) is 23.5 Å². The van der Waals surface area contributed by atoms with Crippen molar-refractivity contribution in [1.29, 1.82) is 0 Å². The number of halogens is 2. The number of fused-ring (bicyclic) bond motifs is 1. The van der Waals surface area contributed by atoms with Crippen molar-refractivity contribution in [2.45, 2.75) is 61.7 Å². The lowest BCUT2D eigenvalue weighted by Gasteiger charge is -2.15. The van der Waals surface area contributed by atoms with E-state index in [0.717, 1.165) is 25.8 Å². The van der Waals surface area contributed by atoms with Crippen molar-refractivity contribution >= 4 is 28.4 Å². The SMILES string of the molecule is O=c1[nH]c(CSC2CCNCC(F)C2)nc2cc(NC3CCCC3)cc(F)c12. The van der Waals surface area contributed by atoms with Gasteiger partial charge < -0.3 is 15.6 Å². The summed E-state index contributed by atoms with van der Waals surface area (Å²) in [4.78, 5) is 19.6. The van der Waals surface area contributed by atoms with Crippen LogP contribution in [-0.2, 0) is 5.75 Å². The van der Waals surface area contributed by atoms with Gasteiger partial charge in [-0.2, -0.15) is 11.8 Å². The van der Waals surface area contributed by atoms with Gasteiger partial charge in [0.15, 0.2) is 0 Å². The third-order valence-electron chi connectivity index (χ3n) is 5.52. The zero-order chi connectivity index (χ0) is 19.5. The highest BCUT2D eigenvalue weighted by Crippen LogP contribution is 2.27. The summed E-state index contributed by atoms with van der Waals surface area (Å²) < 4.78 is 28.3. The molecule has 28 heavy (non-hydrogen) atoms. The molecule has 152 valence electrons. The van der Waals surface area contributed by atoms with E-state index >= 15 is 0 Å². The fourth-order valence-electron chi connectivity index (χ4n) is 4.09. The monoisotopic (exact) mass is 408 g/mol. The highest BCUT2D eigenvalue weighted by atomic mass is 32.2. The summed E-state index contributed by atoms with van der Waals surface area (Å²) in [7, 11) is 0. The van der Waals surface area contributed by atoms with Crippen molar-refractivity contribution in [3.63, 3.8) is 0 Å². The van der Waals surface area contributed by atoms with Gasteiger partial charge >= 0.3 is 0 Å². The number of thioether (sulfide) groups is 1. The zero-order valence-corrected chi connectivity index (χ0v) is 16.6. The van der Waals surface area contributed by atoms with Crippen molar-refractivity contribution in [3.05, 3.63) is 34.1 Å². The zero-order valence-electron chi connectivity index (χ0n) is 15.8. The van der Waals surface area contributed by atoms with Crippen LogP contribution in [0, 0.1) is 5.82 Å². The van der Waals surface area contributed by atoms with Crippen molar-refractivity contribution < 1.29 is 8.78 Å². The predicted octanol–water partition coefficient (Wildman–Crippen LogP) is 3.74. The summed E-state index contributed by atoms with van der Waals surface area (Å²) in [5.74, 6) is 0.429. The third-order valence-corrected chi connectivity index (χ3v) is 6.86. The molecule has 4 rings (SSSR count). The van der Waals surface area contributed by atoms with Crippen LogP contribution in [0.25, 0.3) is 10.9 Å². The third kappa shape index (κ3) is 4.66. The van der Waals surface area contributed by atoms with Gasteiger partial charge in [-0.3, -0.25) is 4.79 Å². The van der Waals surface area contributed by atoms with Crippen LogP contribution >= 0.6 is 11.8 Å². The minimum atomic E-state index is -0.845. The van der Waals surface area contributed by atoms with Crippen molar-refractivity contribution in [2.75, 3.05) is 18.4 Å². The van der Waals surface area contributed by atoms with E-state index in [1.807, 2.05) is 0 Å². The molecule has 1 aromatic carbocycles. The van der Waals surface area contributed by atoms with Crippen LogP contribution in [0.2, 0.25) is 0 Å². The van der Waals surface area contributed by atoms with E-state index in [2.05, 4.69) is 20.6 Å². The number of alkyl halides is 1. The smallest absolute Gasteiger partial charge is 0.261 e. The van der Waals surface area contributed by atoms with Crippen molar-refractivity contribution in [1.82, 2.24) is 15.3 Å². The Balaban J connectivity index is 1.53. The first-order valence-corrected chi connectivity index (χ1v) is 11.1. The maximum absolute atomic E-state index is 14.5. The molecule has 0 amide bonds. The first-order valence-electron chi connectivity index (χ1n) is 10.0. The average molecular weight is 409 g/mol. The van der Waals surface area contributed by atoms with Gasteiger partial charge in [0.05, 0.1) is 11.3 Å². The minimum absolute atomic E-state index is 0.00629. The summed E-state index contributed by atoms with van der Waals surface area (Å²) in [6.07, 6.45) is 5.06. The second-order valence-corrected chi connectivity index (χ2v) is 9.04. The predicted molar refractivity (Wildman–Crippen MR) is 110 cm³/mol. The summed E-state index contributed by atoms with van der Waals surface area (Å²) in [6.45, 7) is 1.19. The highest BCUT2D eigenvalue weighted by molar-refractivity contribution is 7.99. The molecule has 0 radical (unpaired) electrons. The van der Waals surface area contributed by atoms with Crippen LogP contribution < -0.4 is 16.2 Å². The Morgan fingerprint density at radius 2 is 2.07 bits per heavy atom. The lowest BCUT2D eigenvalue weighted by molar-refractivity contribution is 0.317. The Kier molecular flexibility index (Phi) is 6.16. The van der Waals surface area contributed by atoms with E-state index in [-0.39, 0.29) is 10.6 Å². The second kappa shape index (κ2) is 8.78. The number of rotatable bonds is 5. The van der Waals surface area contributed by atoms with E-state index in [9.17, 15) is 13.6 Å². The van der Waals surface area contributed by atoms with Crippen molar-refractivity contribution in [2.24, 2.45) is 0 Å². The molecule has 1 saturated carbocycles. The maximum Gasteiger partial charge on any atom is 0.261 e. The number of H-pyrrole nitrogens is 1. The fraction of sp³-hybridized carbons (Fsp3) is 0.600. The van der Waals surface area contributed by atoms with E-state index in [4.69, 9.17) is 0 Å². The Morgan fingerprint density at radius 1 is 1.25 bits per heavy atom. The molecule has 2 heterocycles. The molecule has 2 unspecified atom stereocenters. The number of nitrogens with one attached hydrogen (secondary N) is 3. The number of aromatic nitrogens is 2. The Morgan fingerprint density at radius 3 is 2.89 bits per heavy atom. The van der Waals surface area contributed by atoms with E-state index < -0.39 is 17.5 Å². The molecular weight excluding hydrogens is 382 g/mol. The average Bonchev–Trinajstić information content (AvgIpc) is 3.06. The summed E-state index contributed by atoms with van der Waals surface area (Å²) in [5.41, 5.74) is 0.575. The molecule has 1 saturated heterocycles. The molecule has 1 aliphatic carbocycles. The van der Waals surface area contributed by atoms with Gasteiger partial charge in [0.25, 0.3) is 5.56 Å². The number of anilines is 1. The molecule has 2 fully saturated rings. The maximum atomic E-state index is 14.5. The molecule has 2 aromatic rings. The fourth-order valence-corrected chi connectivity index (χ4v) is 5.25. The molecular formula is C20H26F2N4OS. The van der Waals surface area contributed by atoms with Gasteiger partial charge in [0.2, 0.25) is 0 Å². The molecule has 8 heteroatoms. The van der Waals surface area contributed by atoms with Crippen LogP contribution in [0.15, 0.2) is 16.9 Å². The van der Waals surface area contributed by atoms with Crippen LogP contribution in [0.3, 0.4) is 0 Å². The van der Waals surface area contributed by atoms with Gasteiger partial charge in [-0.25, -0.2) is 13.8 Å². The van der Waals surface area contributed by atoms with Crippen LogP contribution in [0.5, 0.6) is 0 Å². The van der Waals surface area contributed by atoms with Gasteiger partial charge in [-0.05, 0) is 44.4 Å². The Hall–Kier alpha value is -1.67. The molecule has 2 atom stereocenters. The molecule has 1 aliphatic heterocycles. The largest absolute Gasteiger partial charge is 0.382 e. The van der Waals surface area contributed by atoms with Gasteiger partial charge in [-0.1, -0.05) is 12.8 Å². The lowest BCUT2D eigenvalue weighted by atomic mass is 10.2. The van der Waals surface area contributed by atoms with Crippen LogP contribution in [0.4, 0.5) is 14.5 Å². The lowest BCUT2D eigenvalue weighted by Crippen LogP contribution is -2.21. The topological polar surface area (TPSA) is 69.8 Å². The first kappa shape index (κ1) is 19.6. The quantitative estimate of drug-likeness (QED) is 0.703. The summed E-state index contributed by atoms with van der Waals surface area (Å²) in [6, 6.07) is 3.49. The summed E-state index contributed by atoms with van der Waals surface area (Å²) in [5, 5.41) is 6.62. The second-order valence-electron chi connectivity index (χ2n) is 7.75. The minimum Gasteiger partial charge on any atom is -0.382 e. The van der Waals surface area contributed by atoms with Gasteiger partial charge in [-0.15, -0.1) is 0 Å². The van der Waals surface area contributed by atoms with E-state index in [1.165, 1.54) is 18.9 Å². The number of hydrogen-bond acceptors (Lipinski definition) is 5. The molecule has 3 N–H and O–H groups in total. The standard InChI is InChI=1S/C20H26F2N4OS/c21-12-7-15(5-6-23-10-12)28-11-18-25-17-9-14(24-13-3-1-2-4-13)8-16(22)19(17)20(27)26-18/h8-9,12-13,15,23-24H,1-7,10-11H2,(H,25,26,27). The molecule has 1 aromatic heterocycles. The normalized spacial score (nSPS) is 23.8. The number of aromatic amines is 1. The van der Waals surface area contributed by atoms with E-state index in [1.54, 1.807) is 17.8 Å². The molecule has 5 nitrogen and oxygen atoms in total. The van der Waals surface area contributed by atoms with E-state index in [0.29, 0.717) is 41.8 Å². The Labute approximate surface area is 167 Å². The van der Waals surface area contributed by atoms with Gasteiger partial charge in [0.1, 0.15) is 23.2 Å². The van der Waals surface area contributed by atoms with Crippen LogP contribution in [0.1, 0.15) is 44.3 Å². The highest BCUT2D eigenvalue weighted by Gasteiger charge is 2.21. The van der Waals surface area contributed by atoms with Crippen molar-refractivity contribution in [3.8, 4) is 0 Å².